The zero-order valence-electron chi connectivity index (χ0n) is 16.7. The summed E-state index contributed by atoms with van der Waals surface area (Å²) in [5.74, 6) is 0. The van der Waals surface area contributed by atoms with Crippen molar-refractivity contribution in [3.8, 4) is 0 Å². The maximum absolute atomic E-state index is 10.3. The number of aliphatic hydroxyl groups excluding tert-OH is 4. The Bertz CT molecular complexity index is 748. The Balaban J connectivity index is 1.22. The Morgan fingerprint density at radius 2 is 1.63 bits per heavy atom. The third-order valence-corrected chi connectivity index (χ3v) is 5.63. The Labute approximate surface area is 175 Å². The van der Waals surface area contributed by atoms with Gasteiger partial charge in [-0.15, -0.1) is 0 Å². The van der Waals surface area contributed by atoms with Gasteiger partial charge in [0.15, 0.2) is 6.23 Å². The number of ether oxygens (including phenoxy) is 1. The second-order valence-corrected chi connectivity index (χ2v) is 7.81. The normalized spacial score (nSPS) is 31.3. The first kappa shape index (κ1) is 20.9. The molecule has 10 nitrogen and oxygen atoms in total. The van der Waals surface area contributed by atoms with Crippen molar-refractivity contribution >= 4 is 0 Å². The first-order valence-electron chi connectivity index (χ1n) is 10.1. The minimum atomic E-state index is -1.37. The van der Waals surface area contributed by atoms with Crippen LogP contribution in [0.15, 0.2) is 49.2 Å². The number of nitrogens with zero attached hydrogens (tertiary/aromatic N) is 5. The Hall–Kier alpha value is -2.37. The largest absolute Gasteiger partial charge is 0.394 e. The molecule has 4 rings (SSSR count). The molecule has 164 valence electrons. The Morgan fingerprint density at radius 3 is 2.37 bits per heavy atom. The lowest BCUT2D eigenvalue weighted by molar-refractivity contribution is -0.259. The highest BCUT2D eigenvalue weighted by molar-refractivity contribution is 5.05. The minimum Gasteiger partial charge on any atom is -0.394 e. The van der Waals surface area contributed by atoms with E-state index in [0.717, 1.165) is 32.0 Å². The highest BCUT2D eigenvalue weighted by atomic mass is 16.6. The van der Waals surface area contributed by atoms with Crippen molar-refractivity contribution in [3.05, 3.63) is 54.9 Å². The van der Waals surface area contributed by atoms with Gasteiger partial charge in [0.2, 0.25) is 0 Å². The van der Waals surface area contributed by atoms with E-state index in [1.165, 1.54) is 0 Å². The number of pyridine rings is 1. The maximum Gasteiger partial charge on any atom is 0.160 e. The quantitative estimate of drug-likeness (QED) is 0.415. The summed E-state index contributed by atoms with van der Waals surface area (Å²) in [7, 11) is 0. The maximum atomic E-state index is 10.3. The van der Waals surface area contributed by atoms with E-state index >= 15 is 0 Å². The van der Waals surface area contributed by atoms with E-state index in [1.807, 2.05) is 24.4 Å². The van der Waals surface area contributed by atoms with Crippen LogP contribution in [0.25, 0.3) is 0 Å². The summed E-state index contributed by atoms with van der Waals surface area (Å²) in [6.07, 6.45) is 3.91. The fraction of sp³-hybridized carbons (Fsp3) is 0.550. The summed E-state index contributed by atoms with van der Waals surface area (Å²) in [6, 6.07) is 5.91. The van der Waals surface area contributed by atoms with Crippen LogP contribution in [0.1, 0.15) is 5.69 Å². The first-order valence-corrected chi connectivity index (χ1v) is 10.1. The zero-order chi connectivity index (χ0) is 21.1. The van der Waals surface area contributed by atoms with Gasteiger partial charge < -0.3 is 44.8 Å². The average molecular weight is 419 g/mol. The summed E-state index contributed by atoms with van der Waals surface area (Å²) < 4.78 is 5.62. The van der Waals surface area contributed by atoms with Crippen LogP contribution in [0.5, 0.6) is 0 Å². The first-order chi connectivity index (χ1) is 14.5. The van der Waals surface area contributed by atoms with Gasteiger partial charge in [-0.3, -0.25) is 4.98 Å². The molecule has 4 N–H and O–H groups in total. The molecule has 0 amide bonds. The summed E-state index contributed by atoms with van der Waals surface area (Å²) in [4.78, 5) is 12.6. The molecule has 1 aromatic heterocycles. The number of aliphatic hydroxyl groups is 4. The van der Waals surface area contributed by atoms with Crippen LogP contribution < -0.4 is 0 Å². The minimum absolute atomic E-state index is 0.432. The molecule has 0 radical (unpaired) electrons. The van der Waals surface area contributed by atoms with E-state index in [2.05, 4.69) is 32.1 Å². The Kier molecular flexibility index (Phi) is 6.40. The van der Waals surface area contributed by atoms with Gasteiger partial charge in [0.25, 0.3) is 0 Å². The predicted molar refractivity (Wildman–Crippen MR) is 107 cm³/mol. The SMILES string of the molecule is OC[C@H]1O[C@@H](N2C=CN(CCN3C=CN(Cc4ccccn4)C3)C2)[C@H](O)[C@@H](O)[C@@H]1O. The summed E-state index contributed by atoms with van der Waals surface area (Å²) in [5, 5.41) is 39.6. The van der Waals surface area contributed by atoms with Gasteiger partial charge in [0.05, 0.1) is 32.2 Å². The molecule has 0 aliphatic carbocycles. The van der Waals surface area contributed by atoms with Crippen LogP contribution >= 0.6 is 0 Å². The van der Waals surface area contributed by atoms with Gasteiger partial charge in [-0.05, 0) is 12.1 Å². The van der Waals surface area contributed by atoms with Crippen LogP contribution in [0.2, 0.25) is 0 Å². The molecule has 0 saturated carbocycles. The number of aromatic nitrogens is 1. The van der Waals surface area contributed by atoms with Crippen molar-refractivity contribution in [2.45, 2.75) is 37.2 Å². The van der Waals surface area contributed by atoms with Crippen molar-refractivity contribution in [3.63, 3.8) is 0 Å². The second kappa shape index (κ2) is 9.19. The molecule has 0 bridgehead atoms. The fourth-order valence-electron chi connectivity index (χ4n) is 3.87. The van der Waals surface area contributed by atoms with Gasteiger partial charge in [-0.1, -0.05) is 6.07 Å². The zero-order valence-corrected chi connectivity index (χ0v) is 16.7. The van der Waals surface area contributed by atoms with Gasteiger partial charge in [0, 0.05) is 44.1 Å². The summed E-state index contributed by atoms with van der Waals surface area (Å²) >= 11 is 0. The van der Waals surface area contributed by atoms with E-state index in [1.54, 1.807) is 17.3 Å². The van der Waals surface area contributed by atoms with Crippen molar-refractivity contribution in [1.82, 2.24) is 24.6 Å². The molecule has 30 heavy (non-hydrogen) atoms. The van der Waals surface area contributed by atoms with Gasteiger partial charge in [-0.25, -0.2) is 0 Å². The van der Waals surface area contributed by atoms with E-state index < -0.39 is 37.3 Å². The Morgan fingerprint density at radius 1 is 0.900 bits per heavy atom. The van der Waals surface area contributed by atoms with Gasteiger partial charge in [-0.2, -0.15) is 0 Å². The standard InChI is InChI=1S/C20H29N5O5/c26-12-16-17(27)18(28)19(29)20(30-16)25-10-9-23(14-25)6-5-22-7-8-24(13-22)11-15-3-1-2-4-21-15/h1-4,7-10,16-20,26-29H,5-6,11-14H2/t16-,17-,18+,19-,20-/m1/s1. The smallest absolute Gasteiger partial charge is 0.160 e. The molecule has 10 heteroatoms. The van der Waals surface area contributed by atoms with Crippen molar-refractivity contribution in [1.29, 1.82) is 0 Å². The topological polar surface area (TPSA) is 116 Å². The molecule has 0 aromatic carbocycles. The molecule has 0 spiro atoms. The number of rotatable bonds is 7. The second-order valence-electron chi connectivity index (χ2n) is 7.81. The van der Waals surface area contributed by atoms with Crippen LogP contribution in [-0.4, -0.2) is 109 Å². The third-order valence-electron chi connectivity index (χ3n) is 5.63. The van der Waals surface area contributed by atoms with Crippen molar-refractivity contribution in [2.24, 2.45) is 0 Å². The van der Waals surface area contributed by atoms with E-state index in [0.29, 0.717) is 6.67 Å². The lowest BCUT2D eigenvalue weighted by Crippen LogP contribution is -2.62. The van der Waals surface area contributed by atoms with Gasteiger partial charge in [0.1, 0.15) is 24.4 Å². The molecule has 1 aromatic rings. The molecule has 1 fully saturated rings. The van der Waals surface area contributed by atoms with Crippen molar-refractivity contribution < 1.29 is 25.2 Å². The monoisotopic (exact) mass is 419 g/mol. The number of hydrogen-bond acceptors (Lipinski definition) is 10. The fourth-order valence-corrected chi connectivity index (χ4v) is 3.87. The third kappa shape index (κ3) is 4.52. The number of hydrogen-bond donors (Lipinski definition) is 4. The average Bonchev–Trinajstić information content (AvgIpc) is 3.41. The summed E-state index contributed by atoms with van der Waals surface area (Å²) in [5.41, 5.74) is 1.03. The lowest BCUT2D eigenvalue weighted by atomic mass is 9.98. The molecular weight excluding hydrogens is 390 g/mol. The van der Waals surface area contributed by atoms with E-state index in [4.69, 9.17) is 4.74 Å². The van der Waals surface area contributed by atoms with Crippen LogP contribution in [-0.2, 0) is 11.3 Å². The molecular formula is C20H29N5O5. The highest BCUT2D eigenvalue weighted by Crippen LogP contribution is 2.25. The molecule has 3 aliphatic rings. The molecule has 4 heterocycles. The van der Waals surface area contributed by atoms with Gasteiger partial charge >= 0.3 is 0 Å². The van der Waals surface area contributed by atoms with Crippen LogP contribution in [0, 0.1) is 0 Å². The lowest BCUT2D eigenvalue weighted by Gasteiger charge is -2.43. The predicted octanol–water partition coefficient (Wildman–Crippen LogP) is -1.53. The van der Waals surface area contributed by atoms with E-state index in [9.17, 15) is 20.4 Å². The van der Waals surface area contributed by atoms with Crippen LogP contribution in [0.4, 0.5) is 0 Å². The summed E-state index contributed by atoms with van der Waals surface area (Å²) in [6.45, 7) is 3.21. The van der Waals surface area contributed by atoms with E-state index in [-0.39, 0.29) is 0 Å². The molecule has 1 saturated heterocycles. The van der Waals surface area contributed by atoms with Crippen LogP contribution in [0.3, 0.4) is 0 Å². The molecule has 0 unspecified atom stereocenters. The molecule has 5 atom stereocenters. The molecule has 3 aliphatic heterocycles. The highest BCUT2D eigenvalue weighted by Gasteiger charge is 2.45. The van der Waals surface area contributed by atoms with Crippen molar-refractivity contribution in [2.75, 3.05) is 33.0 Å².